The van der Waals surface area contributed by atoms with Crippen LogP contribution in [0, 0.1) is 0 Å². The number of furan rings is 1. The Morgan fingerprint density at radius 3 is 2.80 bits per heavy atom. The second-order valence-electron chi connectivity index (χ2n) is 4.30. The van der Waals surface area contributed by atoms with Gasteiger partial charge in [-0.05, 0) is 31.2 Å². The zero-order chi connectivity index (χ0) is 14.5. The Kier molecular flexibility index (Phi) is 4.82. The van der Waals surface area contributed by atoms with Crippen molar-refractivity contribution in [1.29, 1.82) is 0 Å². The third-order valence-electron chi connectivity index (χ3n) is 2.82. The van der Waals surface area contributed by atoms with Gasteiger partial charge in [0.05, 0.1) is 24.1 Å². The SMILES string of the molecule is CCOC(=O)C[C@H](N)c1ccc(-c2ccccc2Cl)o1. The van der Waals surface area contributed by atoms with Crippen LogP contribution in [-0.2, 0) is 9.53 Å². The number of hydrogen-bond donors (Lipinski definition) is 1. The van der Waals surface area contributed by atoms with Gasteiger partial charge in [-0.25, -0.2) is 0 Å². The molecular formula is C15H16ClNO3. The van der Waals surface area contributed by atoms with E-state index in [-0.39, 0.29) is 12.4 Å². The van der Waals surface area contributed by atoms with Crippen LogP contribution in [0.4, 0.5) is 0 Å². The molecule has 0 saturated carbocycles. The Labute approximate surface area is 122 Å². The number of ether oxygens (including phenoxy) is 1. The van der Waals surface area contributed by atoms with Gasteiger partial charge in [-0.3, -0.25) is 4.79 Å². The van der Waals surface area contributed by atoms with Crippen molar-refractivity contribution < 1.29 is 13.9 Å². The molecular weight excluding hydrogens is 278 g/mol. The average molecular weight is 294 g/mol. The van der Waals surface area contributed by atoms with E-state index in [1.807, 2.05) is 18.2 Å². The number of rotatable bonds is 5. The molecule has 0 saturated heterocycles. The minimum absolute atomic E-state index is 0.0866. The van der Waals surface area contributed by atoms with Crippen molar-refractivity contribution in [3.05, 3.63) is 47.2 Å². The molecule has 0 aliphatic rings. The molecule has 106 valence electrons. The van der Waals surface area contributed by atoms with E-state index in [9.17, 15) is 4.79 Å². The summed E-state index contributed by atoms with van der Waals surface area (Å²) in [6.07, 6.45) is 0.0866. The van der Waals surface area contributed by atoms with Crippen LogP contribution in [0.2, 0.25) is 5.02 Å². The van der Waals surface area contributed by atoms with E-state index >= 15 is 0 Å². The molecule has 4 nitrogen and oxygen atoms in total. The molecule has 20 heavy (non-hydrogen) atoms. The first-order valence-electron chi connectivity index (χ1n) is 6.37. The van der Waals surface area contributed by atoms with E-state index in [1.165, 1.54) is 0 Å². The molecule has 1 aromatic carbocycles. The van der Waals surface area contributed by atoms with E-state index in [1.54, 1.807) is 25.1 Å². The summed E-state index contributed by atoms with van der Waals surface area (Å²) < 4.78 is 10.5. The quantitative estimate of drug-likeness (QED) is 0.856. The predicted octanol–water partition coefficient (Wildman–Crippen LogP) is 3.55. The monoisotopic (exact) mass is 293 g/mol. The maximum atomic E-state index is 11.4. The smallest absolute Gasteiger partial charge is 0.307 e. The molecule has 0 fully saturated rings. The Morgan fingerprint density at radius 2 is 2.10 bits per heavy atom. The first kappa shape index (κ1) is 14.6. The van der Waals surface area contributed by atoms with Gasteiger partial charge in [-0.15, -0.1) is 0 Å². The summed E-state index contributed by atoms with van der Waals surface area (Å²) in [4.78, 5) is 11.4. The normalized spacial score (nSPS) is 12.2. The number of nitrogens with two attached hydrogens (primary N) is 1. The summed E-state index contributed by atoms with van der Waals surface area (Å²) in [7, 11) is 0. The Balaban J connectivity index is 2.13. The lowest BCUT2D eigenvalue weighted by molar-refractivity contribution is -0.143. The van der Waals surface area contributed by atoms with Crippen LogP contribution >= 0.6 is 11.6 Å². The number of halogens is 1. The number of carbonyl (C=O) groups excluding carboxylic acids is 1. The second kappa shape index (κ2) is 6.59. The van der Waals surface area contributed by atoms with Crippen molar-refractivity contribution in [2.45, 2.75) is 19.4 Å². The highest BCUT2D eigenvalue weighted by atomic mass is 35.5. The summed E-state index contributed by atoms with van der Waals surface area (Å²) in [6.45, 7) is 2.10. The second-order valence-corrected chi connectivity index (χ2v) is 4.70. The van der Waals surface area contributed by atoms with Gasteiger partial charge >= 0.3 is 5.97 Å². The van der Waals surface area contributed by atoms with Crippen molar-refractivity contribution in [3.8, 4) is 11.3 Å². The van der Waals surface area contributed by atoms with E-state index < -0.39 is 6.04 Å². The van der Waals surface area contributed by atoms with Crippen LogP contribution in [0.1, 0.15) is 25.1 Å². The van der Waals surface area contributed by atoms with Crippen LogP contribution in [0.15, 0.2) is 40.8 Å². The Hall–Kier alpha value is -1.78. The standard InChI is InChI=1S/C15H16ClNO3/c1-2-19-15(18)9-12(17)14-8-7-13(20-14)10-5-3-4-6-11(10)16/h3-8,12H,2,9,17H2,1H3/t12-/m0/s1. The molecule has 0 radical (unpaired) electrons. The maximum Gasteiger partial charge on any atom is 0.307 e. The van der Waals surface area contributed by atoms with Gasteiger partial charge in [0.2, 0.25) is 0 Å². The van der Waals surface area contributed by atoms with Crippen LogP contribution in [-0.4, -0.2) is 12.6 Å². The number of benzene rings is 1. The number of hydrogen-bond acceptors (Lipinski definition) is 4. The fraction of sp³-hybridized carbons (Fsp3) is 0.267. The molecule has 2 aromatic rings. The Morgan fingerprint density at radius 1 is 1.35 bits per heavy atom. The molecule has 0 spiro atoms. The van der Waals surface area contributed by atoms with Gasteiger partial charge < -0.3 is 14.9 Å². The molecule has 1 atom stereocenters. The summed E-state index contributed by atoms with van der Waals surface area (Å²) in [5, 5.41) is 0.604. The Bertz CT molecular complexity index is 594. The van der Waals surface area contributed by atoms with E-state index in [4.69, 9.17) is 26.5 Å². The lowest BCUT2D eigenvalue weighted by atomic mass is 10.1. The van der Waals surface area contributed by atoms with E-state index in [0.29, 0.717) is 23.2 Å². The lowest BCUT2D eigenvalue weighted by Crippen LogP contribution is -2.16. The topological polar surface area (TPSA) is 65.5 Å². The van der Waals surface area contributed by atoms with Gasteiger partial charge in [0.1, 0.15) is 11.5 Å². The summed E-state index contributed by atoms with van der Waals surface area (Å²) in [5.41, 5.74) is 6.72. The molecule has 2 N–H and O–H groups in total. The van der Waals surface area contributed by atoms with Crippen LogP contribution in [0.3, 0.4) is 0 Å². The molecule has 0 aliphatic heterocycles. The van der Waals surface area contributed by atoms with Gasteiger partial charge in [0.25, 0.3) is 0 Å². The maximum absolute atomic E-state index is 11.4. The van der Waals surface area contributed by atoms with Crippen molar-refractivity contribution in [1.82, 2.24) is 0 Å². The first-order valence-corrected chi connectivity index (χ1v) is 6.75. The molecule has 0 bridgehead atoms. The highest BCUT2D eigenvalue weighted by molar-refractivity contribution is 6.33. The molecule has 5 heteroatoms. The first-order chi connectivity index (χ1) is 9.61. The summed E-state index contributed by atoms with van der Waals surface area (Å²) in [6, 6.07) is 10.4. The number of esters is 1. The fourth-order valence-corrected chi connectivity index (χ4v) is 2.09. The highest BCUT2D eigenvalue weighted by Crippen LogP contribution is 2.30. The largest absolute Gasteiger partial charge is 0.466 e. The fourth-order valence-electron chi connectivity index (χ4n) is 1.86. The zero-order valence-electron chi connectivity index (χ0n) is 11.1. The summed E-state index contributed by atoms with van der Waals surface area (Å²) >= 11 is 6.11. The van der Waals surface area contributed by atoms with Crippen molar-refractivity contribution >= 4 is 17.6 Å². The minimum Gasteiger partial charge on any atom is -0.466 e. The molecule has 0 unspecified atom stereocenters. The van der Waals surface area contributed by atoms with Crippen LogP contribution in [0.25, 0.3) is 11.3 Å². The van der Waals surface area contributed by atoms with E-state index in [0.717, 1.165) is 5.56 Å². The molecule has 0 aliphatic carbocycles. The van der Waals surface area contributed by atoms with Gasteiger partial charge in [-0.1, -0.05) is 23.7 Å². The van der Waals surface area contributed by atoms with Gasteiger partial charge in [0, 0.05) is 5.56 Å². The van der Waals surface area contributed by atoms with Crippen LogP contribution in [0.5, 0.6) is 0 Å². The molecule has 1 heterocycles. The summed E-state index contributed by atoms with van der Waals surface area (Å²) in [5.74, 6) is 0.827. The zero-order valence-corrected chi connectivity index (χ0v) is 11.9. The van der Waals surface area contributed by atoms with Gasteiger partial charge in [-0.2, -0.15) is 0 Å². The third kappa shape index (κ3) is 3.40. The van der Waals surface area contributed by atoms with Crippen LogP contribution < -0.4 is 5.73 Å². The molecule has 2 rings (SSSR count). The van der Waals surface area contributed by atoms with E-state index in [2.05, 4.69) is 0 Å². The highest BCUT2D eigenvalue weighted by Gasteiger charge is 2.17. The number of carbonyl (C=O) groups is 1. The van der Waals surface area contributed by atoms with Gasteiger partial charge in [0.15, 0.2) is 0 Å². The predicted molar refractivity (Wildman–Crippen MR) is 77.3 cm³/mol. The minimum atomic E-state index is -0.523. The van der Waals surface area contributed by atoms with Crippen molar-refractivity contribution in [2.24, 2.45) is 5.73 Å². The van der Waals surface area contributed by atoms with Crippen molar-refractivity contribution in [2.75, 3.05) is 6.61 Å². The molecule has 0 amide bonds. The lowest BCUT2D eigenvalue weighted by Gasteiger charge is -2.08. The molecule has 1 aromatic heterocycles. The third-order valence-corrected chi connectivity index (χ3v) is 3.15. The average Bonchev–Trinajstić information content (AvgIpc) is 2.89. The van der Waals surface area contributed by atoms with Crippen molar-refractivity contribution in [3.63, 3.8) is 0 Å².